The van der Waals surface area contributed by atoms with Crippen molar-refractivity contribution in [3.63, 3.8) is 0 Å². The lowest BCUT2D eigenvalue weighted by Crippen LogP contribution is -2.60. The van der Waals surface area contributed by atoms with Gasteiger partial charge in [-0.2, -0.15) is 0 Å². The first kappa shape index (κ1) is 26.2. The van der Waals surface area contributed by atoms with Crippen molar-refractivity contribution < 1.29 is 24.1 Å². The van der Waals surface area contributed by atoms with E-state index in [-0.39, 0.29) is 22.5 Å². The van der Waals surface area contributed by atoms with Crippen LogP contribution < -0.4 is 4.74 Å². The third-order valence-corrected chi connectivity index (χ3v) is 9.36. The number of allylic oxidation sites excluding steroid dienone is 1. The Kier molecular flexibility index (Phi) is 8.27. The summed E-state index contributed by atoms with van der Waals surface area (Å²) in [7, 11) is 0. The summed E-state index contributed by atoms with van der Waals surface area (Å²) in [5.74, 6) is 0.375. The van der Waals surface area contributed by atoms with Crippen molar-refractivity contribution >= 4 is 5.97 Å². The molecule has 1 N–H and O–H groups in total. The topological polar surface area (TPSA) is 65.0 Å². The maximum absolute atomic E-state index is 11.5. The second-order valence-corrected chi connectivity index (χ2v) is 11.7. The molecular weight excluding hydrogens is 440 g/mol. The van der Waals surface area contributed by atoms with Gasteiger partial charge in [0.25, 0.3) is 0 Å². The number of carboxylic acid groups (broad SMARTS) is 1. The van der Waals surface area contributed by atoms with Gasteiger partial charge in [0, 0.05) is 5.41 Å². The summed E-state index contributed by atoms with van der Waals surface area (Å²) in [6.07, 6.45) is 13.0. The zero-order chi connectivity index (χ0) is 25.1. The van der Waals surface area contributed by atoms with E-state index < -0.39 is 5.97 Å². The molecule has 4 aliphatic rings. The third kappa shape index (κ3) is 5.46. The number of carbonyl (C=O) groups is 1. The van der Waals surface area contributed by atoms with Gasteiger partial charge in [-0.1, -0.05) is 64.2 Å². The molecule has 0 amide bonds. The number of ether oxygens (including phenoxy) is 3. The fourth-order valence-electron chi connectivity index (χ4n) is 7.46. The number of fused-ring (bicyclic) bond motifs is 3. The fourth-order valence-corrected chi connectivity index (χ4v) is 7.46. The van der Waals surface area contributed by atoms with E-state index >= 15 is 0 Å². The molecule has 194 valence electrons. The lowest BCUT2D eigenvalue weighted by atomic mass is 9.46. The van der Waals surface area contributed by atoms with Gasteiger partial charge >= 0.3 is 5.97 Å². The van der Waals surface area contributed by atoms with Gasteiger partial charge in [-0.25, -0.2) is 4.79 Å². The van der Waals surface area contributed by atoms with E-state index in [2.05, 4.69) is 20.4 Å². The Bertz CT molecular complexity index is 898. The summed E-state index contributed by atoms with van der Waals surface area (Å²) in [6, 6.07) is 5.24. The first-order valence-electron chi connectivity index (χ1n) is 13.6. The predicted octanol–water partition coefficient (Wildman–Crippen LogP) is 7.17. The summed E-state index contributed by atoms with van der Waals surface area (Å²) in [5, 5.41) is 9.46. The Balaban J connectivity index is 0.000000514. The highest BCUT2D eigenvalue weighted by Gasteiger charge is 2.59. The second-order valence-electron chi connectivity index (χ2n) is 11.7. The van der Waals surface area contributed by atoms with E-state index in [4.69, 9.17) is 14.2 Å². The quantitative estimate of drug-likeness (QED) is 0.449. The van der Waals surface area contributed by atoms with Crippen molar-refractivity contribution in [2.45, 2.75) is 91.1 Å². The van der Waals surface area contributed by atoms with E-state index in [1.165, 1.54) is 37.7 Å². The van der Waals surface area contributed by atoms with E-state index in [0.29, 0.717) is 31.0 Å². The summed E-state index contributed by atoms with van der Waals surface area (Å²) in [4.78, 5) is 11.5. The number of aryl methyl sites for hydroxylation is 1. The van der Waals surface area contributed by atoms with Gasteiger partial charge in [0.15, 0.2) is 0 Å². The van der Waals surface area contributed by atoms with E-state index in [9.17, 15) is 9.90 Å². The zero-order valence-corrected chi connectivity index (χ0v) is 21.9. The normalized spacial score (nSPS) is 34.3. The maximum atomic E-state index is 11.5. The molecule has 4 unspecified atom stereocenters. The monoisotopic (exact) mass is 484 g/mol. The number of rotatable bonds is 5. The van der Waals surface area contributed by atoms with Crippen molar-refractivity contribution in [2.24, 2.45) is 22.7 Å². The van der Waals surface area contributed by atoms with Crippen molar-refractivity contribution in [1.29, 1.82) is 0 Å². The van der Waals surface area contributed by atoms with E-state index in [1.54, 1.807) is 12.1 Å². The van der Waals surface area contributed by atoms with Gasteiger partial charge in [0.2, 0.25) is 0 Å². The zero-order valence-electron chi connectivity index (χ0n) is 21.9. The molecule has 1 heterocycles. The highest BCUT2D eigenvalue weighted by atomic mass is 16.7. The molecule has 0 aromatic heterocycles. The fraction of sp³-hybridized carbons (Fsp3) is 0.700. The van der Waals surface area contributed by atoms with Crippen LogP contribution in [-0.2, 0) is 9.47 Å². The molecular formula is C30H44O5. The molecule has 1 aliphatic heterocycles. The molecule has 1 saturated heterocycles. The average molecular weight is 485 g/mol. The Morgan fingerprint density at radius 2 is 1.86 bits per heavy atom. The molecule has 5 heteroatoms. The maximum Gasteiger partial charge on any atom is 0.339 e. The van der Waals surface area contributed by atoms with Crippen molar-refractivity contribution in [2.75, 3.05) is 20.0 Å². The number of hydrogen-bond donors (Lipinski definition) is 1. The molecule has 0 bridgehead atoms. The van der Waals surface area contributed by atoms with Gasteiger partial charge in [0.05, 0.1) is 19.3 Å². The molecule has 35 heavy (non-hydrogen) atoms. The minimum atomic E-state index is -0.956. The van der Waals surface area contributed by atoms with Crippen LogP contribution in [-0.4, -0.2) is 37.2 Å². The molecule has 4 fully saturated rings. The SMILES string of the molecule is C1CCCC1.C=C1CCC2C(C)(CCC3OCOC[C@]32C)C1CCOc1cc(C)ccc1C(=O)O. The van der Waals surface area contributed by atoms with Crippen molar-refractivity contribution in [3.05, 3.63) is 41.5 Å². The second kappa shape index (κ2) is 11.0. The Morgan fingerprint density at radius 3 is 2.54 bits per heavy atom. The molecule has 1 aromatic carbocycles. The summed E-state index contributed by atoms with van der Waals surface area (Å²) in [6.45, 7) is 12.8. The number of hydrogen-bond acceptors (Lipinski definition) is 4. The van der Waals surface area contributed by atoms with Crippen LogP contribution in [0.1, 0.15) is 94.0 Å². The molecule has 0 radical (unpaired) electrons. The highest BCUT2D eigenvalue weighted by Crippen LogP contribution is 2.62. The van der Waals surface area contributed by atoms with Crippen LogP contribution in [0.5, 0.6) is 5.75 Å². The van der Waals surface area contributed by atoms with Crippen LogP contribution in [0.25, 0.3) is 0 Å². The number of carboxylic acids is 1. The summed E-state index contributed by atoms with van der Waals surface area (Å²) in [5.41, 5.74) is 2.69. The van der Waals surface area contributed by atoms with Crippen molar-refractivity contribution in [1.82, 2.24) is 0 Å². The molecule has 1 aromatic rings. The molecule has 0 spiro atoms. The molecule has 5 nitrogen and oxygen atoms in total. The smallest absolute Gasteiger partial charge is 0.339 e. The molecule has 5 atom stereocenters. The first-order valence-corrected chi connectivity index (χ1v) is 13.6. The predicted molar refractivity (Wildman–Crippen MR) is 138 cm³/mol. The first-order chi connectivity index (χ1) is 16.8. The number of benzene rings is 1. The summed E-state index contributed by atoms with van der Waals surface area (Å²) < 4.78 is 17.8. The minimum Gasteiger partial charge on any atom is -0.493 e. The standard InChI is InChI=1S/C25H34O5.C5H10/c1-16-5-7-18(23(26)27)20(13-16)29-12-10-19-17(2)6-8-21-24(19,3)11-9-22-25(21,4)14-28-15-30-22;1-2-4-5-3-1/h5,7,13,19,21-22H,2,6,8-12,14-15H2,1,3-4H3,(H,26,27);1-5H2/t19?,21?,22?,24?,25-;/m0./s1. The minimum absolute atomic E-state index is 0.0398. The highest BCUT2D eigenvalue weighted by molar-refractivity contribution is 5.90. The van der Waals surface area contributed by atoms with Gasteiger partial charge in [-0.3, -0.25) is 0 Å². The molecule has 3 aliphatic carbocycles. The molecule has 3 saturated carbocycles. The number of aromatic carboxylic acids is 1. The Morgan fingerprint density at radius 1 is 1.14 bits per heavy atom. The van der Waals surface area contributed by atoms with Gasteiger partial charge in [-0.15, -0.1) is 0 Å². The van der Waals surface area contributed by atoms with Gasteiger partial charge in [-0.05, 0) is 74.0 Å². The summed E-state index contributed by atoms with van der Waals surface area (Å²) >= 11 is 0. The molecule has 5 rings (SSSR count). The Hall–Kier alpha value is -1.85. The van der Waals surface area contributed by atoms with Gasteiger partial charge in [0.1, 0.15) is 18.1 Å². The van der Waals surface area contributed by atoms with Crippen molar-refractivity contribution in [3.8, 4) is 5.75 Å². The van der Waals surface area contributed by atoms with Crippen LogP contribution in [0.3, 0.4) is 0 Å². The van der Waals surface area contributed by atoms with Crippen LogP contribution in [0.4, 0.5) is 0 Å². The van der Waals surface area contributed by atoms with Crippen LogP contribution in [0, 0.1) is 29.6 Å². The van der Waals surface area contributed by atoms with Gasteiger partial charge < -0.3 is 19.3 Å². The lowest BCUT2D eigenvalue weighted by molar-refractivity contribution is -0.260. The lowest BCUT2D eigenvalue weighted by Gasteiger charge is -2.62. The van der Waals surface area contributed by atoms with E-state index in [1.807, 2.05) is 13.0 Å². The largest absolute Gasteiger partial charge is 0.493 e. The average Bonchev–Trinajstić information content (AvgIpc) is 3.40. The van der Waals surface area contributed by atoms with Crippen LogP contribution in [0.2, 0.25) is 0 Å². The third-order valence-electron chi connectivity index (χ3n) is 9.36. The van der Waals surface area contributed by atoms with E-state index in [0.717, 1.165) is 44.3 Å². The van der Waals surface area contributed by atoms with Crippen LogP contribution >= 0.6 is 0 Å². The van der Waals surface area contributed by atoms with Crippen LogP contribution in [0.15, 0.2) is 30.4 Å². The Labute approximate surface area is 211 Å².